The Morgan fingerprint density at radius 3 is 2.16 bits per heavy atom. The molecule has 1 aromatic heterocycles. The zero-order chi connectivity index (χ0) is 17.4. The second-order valence-electron chi connectivity index (χ2n) is 5.46. The lowest BCUT2D eigenvalue weighted by molar-refractivity contribution is 0.458. The second kappa shape index (κ2) is 5.82. The van der Waals surface area contributed by atoms with Gasteiger partial charge in [0.05, 0.1) is 0 Å². The molecule has 124 valence electrons. The SMILES string of the molecule is O=S1(=O)C(F)=C(c2ccc(-c3ccccc3)cc2)Oc2cccnc21. The van der Waals surface area contributed by atoms with Crippen LogP contribution < -0.4 is 4.74 Å². The second-order valence-corrected chi connectivity index (χ2v) is 7.21. The minimum Gasteiger partial charge on any atom is -0.450 e. The van der Waals surface area contributed by atoms with Gasteiger partial charge in [-0.3, -0.25) is 0 Å². The summed E-state index contributed by atoms with van der Waals surface area (Å²) in [5.41, 5.74) is 2.29. The van der Waals surface area contributed by atoms with Gasteiger partial charge in [0, 0.05) is 11.8 Å². The van der Waals surface area contributed by atoms with E-state index in [0.717, 1.165) is 11.1 Å². The van der Waals surface area contributed by atoms with Gasteiger partial charge in [0.1, 0.15) is 0 Å². The summed E-state index contributed by atoms with van der Waals surface area (Å²) in [5.74, 6) is -0.300. The van der Waals surface area contributed by atoms with Crippen molar-refractivity contribution in [3.63, 3.8) is 0 Å². The number of nitrogens with zero attached hydrogens (tertiary/aromatic N) is 1. The topological polar surface area (TPSA) is 56.3 Å². The van der Waals surface area contributed by atoms with Crippen molar-refractivity contribution < 1.29 is 17.5 Å². The number of fused-ring (bicyclic) bond motifs is 1. The molecule has 25 heavy (non-hydrogen) atoms. The van der Waals surface area contributed by atoms with Gasteiger partial charge in [0.2, 0.25) is 5.03 Å². The van der Waals surface area contributed by atoms with E-state index in [-0.39, 0.29) is 11.5 Å². The van der Waals surface area contributed by atoms with Crippen LogP contribution in [0.15, 0.2) is 83.1 Å². The first kappa shape index (κ1) is 15.5. The van der Waals surface area contributed by atoms with Crippen LogP contribution in [0, 0.1) is 0 Å². The van der Waals surface area contributed by atoms with Gasteiger partial charge in [-0.05, 0) is 23.3 Å². The van der Waals surface area contributed by atoms with Gasteiger partial charge in [0.25, 0.3) is 15.0 Å². The quantitative estimate of drug-likeness (QED) is 0.692. The van der Waals surface area contributed by atoms with Crippen molar-refractivity contribution in [3.8, 4) is 16.9 Å². The Hall–Kier alpha value is -2.99. The number of benzene rings is 2. The molecule has 0 atom stereocenters. The molecule has 0 N–H and O–H groups in total. The molecule has 0 saturated heterocycles. The lowest BCUT2D eigenvalue weighted by Gasteiger charge is -2.19. The average molecular weight is 353 g/mol. The van der Waals surface area contributed by atoms with Crippen LogP contribution in [0.25, 0.3) is 16.9 Å². The Bertz CT molecular complexity index is 1080. The normalized spacial score (nSPS) is 15.4. The Balaban J connectivity index is 1.78. The number of ether oxygens (including phenoxy) is 1. The van der Waals surface area contributed by atoms with E-state index in [1.807, 2.05) is 30.3 Å². The summed E-state index contributed by atoms with van der Waals surface area (Å²) in [5, 5.41) is -1.73. The standard InChI is InChI=1S/C19H12FNO3S/c20-18-17(24-16-7-4-12-21-19(16)25(18,22)23)15-10-8-14(9-11-15)13-5-2-1-3-6-13/h1-12H. The van der Waals surface area contributed by atoms with Crippen molar-refractivity contribution in [2.24, 2.45) is 0 Å². The molecule has 6 heteroatoms. The number of sulfone groups is 1. The van der Waals surface area contributed by atoms with Gasteiger partial charge >= 0.3 is 0 Å². The highest BCUT2D eigenvalue weighted by Crippen LogP contribution is 2.39. The molecule has 0 unspecified atom stereocenters. The minimum atomic E-state index is -4.30. The molecule has 0 aliphatic carbocycles. The van der Waals surface area contributed by atoms with Crippen LogP contribution in [0.2, 0.25) is 0 Å². The van der Waals surface area contributed by atoms with Gasteiger partial charge < -0.3 is 4.74 Å². The molecule has 1 aliphatic heterocycles. The highest BCUT2D eigenvalue weighted by molar-refractivity contribution is 7.95. The molecule has 0 saturated carbocycles. The maximum atomic E-state index is 14.5. The molecule has 2 heterocycles. The van der Waals surface area contributed by atoms with Crippen molar-refractivity contribution in [3.05, 3.63) is 83.6 Å². The van der Waals surface area contributed by atoms with Crippen molar-refractivity contribution in [1.29, 1.82) is 0 Å². The largest absolute Gasteiger partial charge is 0.450 e. The number of hydrogen-bond donors (Lipinski definition) is 0. The molecule has 4 nitrogen and oxygen atoms in total. The monoisotopic (exact) mass is 353 g/mol. The van der Waals surface area contributed by atoms with Crippen LogP contribution in [-0.4, -0.2) is 13.4 Å². The predicted molar refractivity (Wildman–Crippen MR) is 92.0 cm³/mol. The molecule has 0 fully saturated rings. The molecule has 0 spiro atoms. The first-order chi connectivity index (χ1) is 12.1. The number of pyridine rings is 1. The average Bonchev–Trinajstić information content (AvgIpc) is 2.66. The van der Waals surface area contributed by atoms with E-state index in [9.17, 15) is 12.8 Å². The molecule has 1 aliphatic rings. The van der Waals surface area contributed by atoms with Crippen molar-refractivity contribution in [2.45, 2.75) is 5.03 Å². The molecule has 0 amide bonds. The zero-order valence-electron chi connectivity index (χ0n) is 12.9. The van der Waals surface area contributed by atoms with Gasteiger partial charge in [-0.1, -0.05) is 54.6 Å². The van der Waals surface area contributed by atoms with E-state index in [2.05, 4.69) is 4.98 Å². The highest BCUT2D eigenvalue weighted by Gasteiger charge is 2.36. The number of hydrogen-bond acceptors (Lipinski definition) is 4. The summed E-state index contributed by atoms with van der Waals surface area (Å²) >= 11 is 0. The number of rotatable bonds is 2. The number of halogens is 1. The van der Waals surface area contributed by atoms with E-state index in [1.54, 1.807) is 24.3 Å². The van der Waals surface area contributed by atoms with E-state index in [0.29, 0.717) is 5.56 Å². The summed E-state index contributed by atoms with van der Waals surface area (Å²) in [6.07, 6.45) is 1.28. The van der Waals surface area contributed by atoms with Gasteiger partial charge in [0.15, 0.2) is 11.5 Å². The minimum absolute atomic E-state index is 0.0195. The molecule has 4 rings (SSSR count). The summed E-state index contributed by atoms with van der Waals surface area (Å²) in [7, 11) is -4.30. The van der Waals surface area contributed by atoms with E-state index >= 15 is 0 Å². The van der Waals surface area contributed by atoms with Crippen LogP contribution in [0.1, 0.15) is 5.56 Å². The fourth-order valence-corrected chi connectivity index (χ4v) is 3.78. The number of aromatic nitrogens is 1. The highest BCUT2D eigenvalue weighted by atomic mass is 32.2. The summed E-state index contributed by atoms with van der Waals surface area (Å²) in [6, 6.07) is 19.5. The molecule has 0 bridgehead atoms. The van der Waals surface area contributed by atoms with Crippen LogP contribution in [0.5, 0.6) is 5.75 Å². The van der Waals surface area contributed by atoms with Gasteiger partial charge in [-0.15, -0.1) is 0 Å². The first-order valence-corrected chi connectivity index (χ1v) is 8.99. The van der Waals surface area contributed by atoms with Crippen LogP contribution in [0.3, 0.4) is 0 Å². The summed E-state index contributed by atoms with van der Waals surface area (Å²) < 4.78 is 44.6. The summed E-state index contributed by atoms with van der Waals surface area (Å²) in [6.45, 7) is 0. The fraction of sp³-hybridized carbons (Fsp3) is 0. The molecular formula is C19H12FNO3S. The predicted octanol–water partition coefficient (Wildman–Crippen LogP) is 4.21. The maximum absolute atomic E-state index is 14.5. The lowest BCUT2D eigenvalue weighted by atomic mass is 10.0. The lowest BCUT2D eigenvalue weighted by Crippen LogP contribution is -2.15. The Morgan fingerprint density at radius 2 is 1.44 bits per heavy atom. The smallest absolute Gasteiger partial charge is 0.264 e. The van der Waals surface area contributed by atoms with Crippen LogP contribution >= 0.6 is 0 Å². The molecule has 3 aromatic rings. The zero-order valence-corrected chi connectivity index (χ0v) is 13.7. The molecule has 0 radical (unpaired) electrons. The van der Waals surface area contributed by atoms with Crippen molar-refractivity contribution in [1.82, 2.24) is 4.98 Å². The molecular weight excluding hydrogens is 341 g/mol. The van der Waals surface area contributed by atoms with E-state index in [4.69, 9.17) is 4.74 Å². The third-order valence-corrected chi connectivity index (χ3v) is 5.34. The van der Waals surface area contributed by atoms with Crippen LogP contribution in [-0.2, 0) is 9.84 Å². The third-order valence-electron chi connectivity index (χ3n) is 3.87. The van der Waals surface area contributed by atoms with Gasteiger partial charge in [-0.2, -0.15) is 4.39 Å². The molecule has 2 aromatic carbocycles. The van der Waals surface area contributed by atoms with E-state index in [1.165, 1.54) is 18.3 Å². The van der Waals surface area contributed by atoms with Crippen LogP contribution in [0.4, 0.5) is 4.39 Å². The van der Waals surface area contributed by atoms with Crippen molar-refractivity contribution in [2.75, 3.05) is 0 Å². The Morgan fingerprint density at radius 1 is 0.800 bits per heavy atom. The fourth-order valence-electron chi connectivity index (χ4n) is 2.63. The Kier molecular flexibility index (Phi) is 3.62. The third kappa shape index (κ3) is 2.60. The Labute approximate surface area is 144 Å². The van der Waals surface area contributed by atoms with Gasteiger partial charge in [-0.25, -0.2) is 13.4 Å². The first-order valence-electron chi connectivity index (χ1n) is 7.51. The van der Waals surface area contributed by atoms with Crippen molar-refractivity contribution >= 4 is 15.6 Å². The van der Waals surface area contributed by atoms with E-state index < -0.39 is 20.0 Å². The summed E-state index contributed by atoms with van der Waals surface area (Å²) in [4.78, 5) is 3.72. The maximum Gasteiger partial charge on any atom is 0.264 e.